The Kier molecular flexibility index (Phi) is 5.04. The molecule has 36 heavy (non-hydrogen) atoms. The molecule has 5 aliphatic rings. The molecular weight excluding hydrogens is 442 g/mol. The van der Waals surface area contributed by atoms with Crippen LogP contribution in [-0.4, -0.2) is 56.3 Å². The van der Waals surface area contributed by atoms with Crippen LogP contribution in [0.25, 0.3) is 0 Å². The SMILES string of the molecule is CC1N(CC2CC2)CC2Cc3ccc(O)cc3C23C2CCC13CCC2N(C)c1ccccc1N(C)C. The van der Waals surface area contributed by atoms with Gasteiger partial charge in [0.2, 0.25) is 0 Å². The summed E-state index contributed by atoms with van der Waals surface area (Å²) < 4.78 is 0. The third-order valence-electron chi connectivity index (χ3n) is 11.5. The molecule has 4 aliphatic carbocycles. The quantitative estimate of drug-likeness (QED) is 0.590. The molecule has 192 valence electrons. The number of benzene rings is 2. The second kappa shape index (κ2) is 7.90. The van der Waals surface area contributed by atoms with E-state index in [-0.39, 0.29) is 5.41 Å². The van der Waals surface area contributed by atoms with Crippen molar-refractivity contribution in [3.05, 3.63) is 53.6 Å². The Morgan fingerprint density at radius 1 is 0.972 bits per heavy atom. The molecule has 0 radical (unpaired) electrons. The summed E-state index contributed by atoms with van der Waals surface area (Å²) in [5.74, 6) is 2.69. The van der Waals surface area contributed by atoms with Gasteiger partial charge in [0.25, 0.3) is 0 Å². The van der Waals surface area contributed by atoms with Gasteiger partial charge in [-0.15, -0.1) is 0 Å². The molecule has 0 aromatic heterocycles. The highest BCUT2D eigenvalue weighted by Crippen LogP contribution is 2.74. The average molecular weight is 486 g/mol. The summed E-state index contributed by atoms with van der Waals surface area (Å²) in [6, 6.07) is 16.5. The Balaban J connectivity index is 1.35. The van der Waals surface area contributed by atoms with Crippen molar-refractivity contribution in [3.63, 3.8) is 0 Å². The number of phenolic OH excluding ortho intramolecular Hbond substituents is 1. The van der Waals surface area contributed by atoms with E-state index in [0.717, 1.165) is 5.92 Å². The molecule has 1 spiro atoms. The summed E-state index contributed by atoms with van der Waals surface area (Å²) in [6.07, 6.45) is 9.27. The molecule has 0 amide bonds. The first-order chi connectivity index (χ1) is 17.4. The first kappa shape index (κ1) is 23.0. The van der Waals surface area contributed by atoms with Crippen molar-refractivity contribution < 1.29 is 5.11 Å². The molecule has 1 heterocycles. The fourth-order valence-corrected chi connectivity index (χ4v) is 10.0. The Morgan fingerprint density at radius 2 is 1.72 bits per heavy atom. The maximum Gasteiger partial charge on any atom is 0.115 e. The summed E-state index contributed by atoms with van der Waals surface area (Å²) >= 11 is 0. The van der Waals surface area contributed by atoms with Gasteiger partial charge in [-0.2, -0.15) is 0 Å². The molecule has 6 unspecified atom stereocenters. The summed E-state index contributed by atoms with van der Waals surface area (Å²) in [4.78, 5) is 7.82. The number of hydrogen-bond donors (Lipinski definition) is 1. The number of fused-ring (bicyclic) bond motifs is 1. The highest BCUT2D eigenvalue weighted by Gasteiger charge is 2.74. The highest BCUT2D eigenvalue weighted by molar-refractivity contribution is 5.71. The second-order valence-corrected chi connectivity index (χ2v) is 13.1. The van der Waals surface area contributed by atoms with Gasteiger partial charge in [-0.05, 0) is 110 Å². The van der Waals surface area contributed by atoms with Gasteiger partial charge in [0, 0.05) is 51.7 Å². The molecule has 1 saturated heterocycles. The van der Waals surface area contributed by atoms with E-state index < -0.39 is 0 Å². The predicted octanol–water partition coefficient (Wildman–Crippen LogP) is 5.68. The molecule has 7 rings (SSSR count). The molecule has 4 nitrogen and oxygen atoms in total. The minimum absolute atomic E-state index is 0.185. The maximum atomic E-state index is 10.7. The van der Waals surface area contributed by atoms with Crippen LogP contribution in [0.5, 0.6) is 5.75 Å². The maximum absolute atomic E-state index is 10.7. The zero-order valence-corrected chi connectivity index (χ0v) is 22.6. The number of rotatable bonds is 5. The Hall–Kier alpha value is -2.20. The van der Waals surface area contributed by atoms with Gasteiger partial charge in [-0.1, -0.05) is 18.2 Å². The molecule has 2 bridgehead atoms. The van der Waals surface area contributed by atoms with Gasteiger partial charge < -0.3 is 14.9 Å². The molecule has 3 saturated carbocycles. The average Bonchev–Trinajstić information content (AvgIpc) is 3.60. The summed E-state index contributed by atoms with van der Waals surface area (Å²) in [6.45, 7) is 5.12. The van der Waals surface area contributed by atoms with E-state index in [1.807, 2.05) is 6.07 Å². The Bertz CT molecular complexity index is 1170. The van der Waals surface area contributed by atoms with Gasteiger partial charge in [-0.3, -0.25) is 4.90 Å². The molecule has 2 aromatic rings. The number of aromatic hydroxyl groups is 1. The highest BCUT2D eigenvalue weighted by atomic mass is 16.3. The van der Waals surface area contributed by atoms with E-state index in [4.69, 9.17) is 0 Å². The minimum atomic E-state index is 0.185. The van der Waals surface area contributed by atoms with Crippen molar-refractivity contribution in [2.24, 2.45) is 23.2 Å². The van der Waals surface area contributed by atoms with E-state index in [9.17, 15) is 5.11 Å². The van der Waals surface area contributed by atoms with Gasteiger partial charge in [-0.25, -0.2) is 0 Å². The number of likely N-dealkylation sites (tertiary alicyclic amines) is 1. The molecule has 6 atom stereocenters. The standard InChI is InChI=1S/C32H43N3O/c1-21-31-15-13-26(28(14-16-31)34(4)30-8-6-5-7-29(30)33(2)3)32(31)24(20-35(21)19-22-9-10-22)17-23-11-12-25(36)18-27(23)32/h5-8,11-12,18,21-22,24,26,28,36H,9-10,13-17,19-20H2,1-4H3. The third-order valence-corrected chi connectivity index (χ3v) is 11.5. The summed E-state index contributed by atoms with van der Waals surface area (Å²) in [5, 5.41) is 10.7. The molecule has 1 N–H and O–H groups in total. The largest absolute Gasteiger partial charge is 0.508 e. The van der Waals surface area contributed by atoms with E-state index in [2.05, 4.69) is 79.2 Å². The lowest BCUT2D eigenvalue weighted by molar-refractivity contribution is -0.106. The normalized spacial score (nSPS) is 36.8. The van der Waals surface area contributed by atoms with Crippen LogP contribution in [0.15, 0.2) is 42.5 Å². The van der Waals surface area contributed by atoms with Crippen LogP contribution in [0.2, 0.25) is 0 Å². The van der Waals surface area contributed by atoms with Gasteiger partial charge in [0.05, 0.1) is 11.4 Å². The van der Waals surface area contributed by atoms with E-state index in [1.54, 1.807) is 0 Å². The zero-order chi connectivity index (χ0) is 24.8. The molecule has 1 aliphatic heterocycles. The van der Waals surface area contributed by atoms with Crippen LogP contribution < -0.4 is 9.80 Å². The first-order valence-corrected chi connectivity index (χ1v) is 14.4. The van der Waals surface area contributed by atoms with Crippen molar-refractivity contribution in [2.75, 3.05) is 44.0 Å². The van der Waals surface area contributed by atoms with Gasteiger partial charge >= 0.3 is 0 Å². The van der Waals surface area contributed by atoms with Crippen LogP contribution in [0, 0.1) is 23.2 Å². The van der Waals surface area contributed by atoms with E-state index in [0.29, 0.717) is 35.1 Å². The predicted molar refractivity (Wildman–Crippen MR) is 148 cm³/mol. The molecule has 4 fully saturated rings. The lowest BCUT2D eigenvalue weighted by atomic mass is 9.45. The number of hydrogen-bond acceptors (Lipinski definition) is 4. The smallest absolute Gasteiger partial charge is 0.115 e. The zero-order valence-electron chi connectivity index (χ0n) is 22.6. The topological polar surface area (TPSA) is 30.0 Å². The van der Waals surface area contributed by atoms with Gasteiger partial charge in [0.1, 0.15) is 5.75 Å². The Labute approximate surface area is 217 Å². The van der Waals surface area contributed by atoms with Crippen molar-refractivity contribution in [3.8, 4) is 5.75 Å². The number of phenols is 1. The Morgan fingerprint density at radius 3 is 2.47 bits per heavy atom. The van der Waals surface area contributed by atoms with Crippen LogP contribution in [0.3, 0.4) is 0 Å². The van der Waals surface area contributed by atoms with Crippen molar-refractivity contribution >= 4 is 11.4 Å². The number of anilines is 2. The summed E-state index contributed by atoms with van der Waals surface area (Å²) in [5.41, 5.74) is 6.21. The number of para-hydroxylation sites is 2. The third kappa shape index (κ3) is 2.91. The lowest BCUT2D eigenvalue weighted by Gasteiger charge is -2.65. The van der Waals surface area contributed by atoms with Crippen LogP contribution in [0.4, 0.5) is 11.4 Å². The fourth-order valence-electron chi connectivity index (χ4n) is 10.0. The molecular formula is C32H43N3O. The first-order valence-electron chi connectivity index (χ1n) is 14.4. The second-order valence-electron chi connectivity index (χ2n) is 13.1. The number of nitrogens with zero attached hydrogens (tertiary/aromatic N) is 3. The van der Waals surface area contributed by atoms with E-state index >= 15 is 0 Å². The number of piperidine rings is 1. The minimum Gasteiger partial charge on any atom is -0.508 e. The van der Waals surface area contributed by atoms with Crippen molar-refractivity contribution in [1.82, 2.24) is 4.90 Å². The van der Waals surface area contributed by atoms with Crippen molar-refractivity contribution in [1.29, 1.82) is 0 Å². The monoisotopic (exact) mass is 485 g/mol. The summed E-state index contributed by atoms with van der Waals surface area (Å²) in [7, 11) is 6.68. The van der Waals surface area contributed by atoms with Crippen molar-refractivity contribution in [2.45, 2.75) is 69.4 Å². The molecule has 4 heteroatoms. The van der Waals surface area contributed by atoms with E-state index in [1.165, 1.54) is 80.5 Å². The molecule has 2 aromatic carbocycles. The fraction of sp³-hybridized carbons (Fsp3) is 0.625. The lowest BCUT2D eigenvalue weighted by Crippen LogP contribution is -2.69. The van der Waals surface area contributed by atoms with Crippen LogP contribution in [0.1, 0.15) is 56.6 Å². The van der Waals surface area contributed by atoms with Gasteiger partial charge in [0.15, 0.2) is 0 Å². The van der Waals surface area contributed by atoms with Crippen LogP contribution in [-0.2, 0) is 11.8 Å². The van der Waals surface area contributed by atoms with Crippen LogP contribution >= 0.6 is 0 Å².